The fourth-order valence-electron chi connectivity index (χ4n) is 2.55. The highest BCUT2D eigenvalue weighted by Crippen LogP contribution is 2.12. The minimum absolute atomic E-state index is 0.153. The Morgan fingerprint density at radius 1 is 1.45 bits per heavy atom. The van der Waals surface area contributed by atoms with Gasteiger partial charge in [-0.2, -0.15) is 0 Å². The first-order valence-corrected chi connectivity index (χ1v) is 7.33. The molecule has 2 heterocycles. The van der Waals surface area contributed by atoms with Crippen molar-refractivity contribution in [3.8, 4) is 0 Å². The van der Waals surface area contributed by atoms with Crippen molar-refractivity contribution in [2.45, 2.75) is 39.2 Å². The number of nitrogens with zero attached hydrogens (tertiary/aromatic N) is 1. The molecule has 0 saturated carbocycles. The minimum atomic E-state index is -0.197. The molecule has 1 aromatic heterocycles. The van der Waals surface area contributed by atoms with Crippen LogP contribution in [0.1, 0.15) is 42.2 Å². The van der Waals surface area contributed by atoms with Crippen molar-refractivity contribution in [1.29, 1.82) is 0 Å². The predicted molar refractivity (Wildman–Crippen MR) is 79.0 cm³/mol. The standard InChI is InChI=1S/C15H23N3O2/c1-3-6-16-12-4-7-18(8-5-12)15(20)13-10-17-11(2)9-14(13)19/h9-10,12,16H,3-8H2,1-2H3,(H,17,19). The summed E-state index contributed by atoms with van der Waals surface area (Å²) in [6.07, 6.45) is 4.56. The molecule has 2 rings (SSSR count). The van der Waals surface area contributed by atoms with E-state index >= 15 is 0 Å². The van der Waals surface area contributed by atoms with Gasteiger partial charge in [0, 0.05) is 37.1 Å². The third kappa shape index (κ3) is 3.48. The summed E-state index contributed by atoms with van der Waals surface area (Å²) in [5.41, 5.74) is 0.821. The number of hydrogen-bond acceptors (Lipinski definition) is 3. The SMILES string of the molecule is CCCNC1CCN(C(=O)c2c[nH]c(C)cc2=O)CC1. The number of aromatic amines is 1. The predicted octanol–water partition coefficient (Wildman–Crippen LogP) is 1.29. The lowest BCUT2D eigenvalue weighted by Gasteiger charge is -2.32. The first kappa shape index (κ1) is 14.8. The van der Waals surface area contributed by atoms with Crippen LogP contribution in [0, 0.1) is 6.92 Å². The van der Waals surface area contributed by atoms with Gasteiger partial charge in [-0.05, 0) is 32.7 Å². The topological polar surface area (TPSA) is 65.2 Å². The number of aryl methyl sites for hydroxylation is 1. The average molecular weight is 277 g/mol. The van der Waals surface area contributed by atoms with E-state index in [9.17, 15) is 9.59 Å². The molecule has 1 aromatic rings. The second kappa shape index (κ2) is 6.70. The summed E-state index contributed by atoms with van der Waals surface area (Å²) >= 11 is 0. The molecule has 1 amide bonds. The van der Waals surface area contributed by atoms with Gasteiger partial charge in [0.05, 0.1) is 0 Å². The summed E-state index contributed by atoms with van der Waals surface area (Å²) in [6, 6.07) is 1.97. The van der Waals surface area contributed by atoms with E-state index in [4.69, 9.17) is 0 Å². The average Bonchev–Trinajstić information content (AvgIpc) is 2.45. The molecule has 5 heteroatoms. The molecule has 5 nitrogen and oxygen atoms in total. The Labute approximate surface area is 119 Å². The lowest BCUT2D eigenvalue weighted by Crippen LogP contribution is -2.46. The quantitative estimate of drug-likeness (QED) is 0.871. The normalized spacial score (nSPS) is 16.4. The molecule has 1 aliphatic heterocycles. The molecule has 1 fully saturated rings. The molecule has 2 N–H and O–H groups in total. The number of nitrogens with one attached hydrogen (secondary N) is 2. The van der Waals surface area contributed by atoms with Gasteiger partial charge in [0.1, 0.15) is 5.56 Å². The molecule has 0 aromatic carbocycles. The van der Waals surface area contributed by atoms with Crippen molar-refractivity contribution in [3.05, 3.63) is 33.7 Å². The van der Waals surface area contributed by atoms with Crippen LogP contribution in [0.25, 0.3) is 0 Å². The molecular formula is C15H23N3O2. The van der Waals surface area contributed by atoms with Gasteiger partial charge >= 0.3 is 0 Å². The van der Waals surface area contributed by atoms with E-state index in [1.807, 2.05) is 0 Å². The molecule has 0 aliphatic carbocycles. The number of pyridine rings is 1. The third-order valence-electron chi connectivity index (χ3n) is 3.75. The Bertz CT molecular complexity index is 516. The van der Waals surface area contributed by atoms with Crippen LogP contribution in [0.4, 0.5) is 0 Å². The van der Waals surface area contributed by atoms with Crippen molar-refractivity contribution in [2.24, 2.45) is 0 Å². The fourth-order valence-corrected chi connectivity index (χ4v) is 2.55. The number of carbonyl (C=O) groups excluding carboxylic acids is 1. The third-order valence-corrected chi connectivity index (χ3v) is 3.75. The smallest absolute Gasteiger partial charge is 0.259 e. The molecule has 20 heavy (non-hydrogen) atoms. The molecule has 0 radical (unpaired) electrons. The Hall–Kier alpha value is -1.62. The van der Waals surface area contributed by atoms with Gasteiger partial charge in [0.25, 0.3) is 5.91 Å². The molecule has 0 bridgehead atoms. The van der Waals surface area contributed by atoms with Gasteiger partial charge in [-0.1, -0.05) is 6.92 Å². The maximum Gasteiger partial charge on any atom is 0.259 e. The van der Waals surface area contributed by atoms with Crippen molar-refractivity contribution in [3.63, 3.8) is 0 Å². The van der Waals surface area contributed by atoms with E-state index in [1.54, 1.807) is 11.8 Å². The summed E-state index contributed by atoms with van der Waals surface area (Å²) in [6.45, 7) is 6.41. The summed E-state index contributed by atoms with van der Waals surface area (Å²) in [5.74, 6) is -0.153. The summed E-state index contributed by atoms with van der Waals surface area (Å²) < 4.78 is 0. The molecule has 1 aliphatic rings. The van der Waals surface area contributed by atoms with E-state index in [0.29, 0.717) is 19.1 Å². The highest BCUT2D eigenvalue weighted by molar-refractivity contribution is 5.93. The van der Waals surface area contributed by atoms with Crippen LogP contribution < -0.4 is 10.7 Å². The second-order valence-electron chi connectivity index (χ2n) is 5.41. The van der Waals surface area contributed by atoms with Crippen LogP contribution in [-0.2, 0) is 0 Å². The Morgan fingerprint density at radius 2 is 2.15 bits per heavy atom. The maximum atomic E-state index is 12.3. The lowest BCUT2D eigenvalue weighted by atomic mass is 10.0. The summed E-state index contributed by atoms with van der Waals surface area (Å²) in [5, 5.41) is 3.48. The monoisotopic (exact) mass is 277 g/mol. The van der Waals surface area contributed by atoms with E-state index < -0.39 is 0 Å². The molecule has 110 valence electrons. The van der Waals surface area contributed by atoms with E-state index in [-0.39, 0.29) is 16.9 Å². The molecule has 0 spiro atoms. The second-order valence-corrected chi connectivity index (χ2v) is 5.41. The number of likely N-dealkylation sites (tertiary alicyclic amines) is 1. The Balaban J connectivity index is 1.96. The summed E-state index contributed by atoms with van der Waals surface area (Å²) in [7, 11) is 0. The van der Waals surface area contributed by atoms with Crippen molar-refractivity contribution >= 4 is 5.91 Å². The van der Waals surface area contributed by atoms with Gasteiger partial charge < -0.3 is 15.2 Å². The number of H-pyrrole nitrogens is 1. The zero-order chi connectivity index (χ0) is 14.5. The maximum absolute atomic E-state index is 12.3. The first-order valence-electron chi connectivity index (χ1n) is 7.33. The van der Waals surface area contributed by atoms with Gasteiger partial charge in [0.15, 0.2) is 5.43 Å². The van der Waals surface area contributed by atoms with E-state index in [0.717, 1.165) is 31.5 Å². The Kier molecular flexibility index (Phi) is 4.95. The van der Waals surface area contributed by atoms with Crippen LogP contribution in [0.3, 0.4) is 0 Å². The molecular weight excluding hydrogens is 254 g/mol. The van der Waals surface area contributed by atoms with Crippen LogP contribution in [0.5, 0.6) is 0 Å². The van der Waals surface area contributed by atoms with Crippen molar-refractivity contribution in [1.82, 2.24) is 15.2 Å². The Morgan fingerprint density at radius 3 is 2.75 bits per heavy atom. The molecule has 0 atom stereocenters. The van der Waals surface area contributed by atoms with Crippen LogP contribution >= 0.6 is 0 Å². The zero-order valence-electron chi connectivity index (χ0n) is 12.2. The van der Waals surface area contributed by atoms with Gasteiger partial charge in [0.2, 0.25) is 0 Å². The van der Waals surface area contributed by atoms with Crippen LogP contribution in [0.2, 0.25) is 0 Å². The van der Waals surface area contributed by atoms with Gasteiger partial charge in [-0.3, -0.25) is 9.59 Å². The van der Waals surface area contributed by atoms with E-state index in [2.05, 4.69) is 17.2 Å². The van der Waals surface area contributed by atoms with Crippen LogP contribution in [0.15, 0.2) is 17.1 Å². The van der Waals surface area contributed by atoms with Crippen molar-refractivity contribution in [2.75, 3.05) is 19.6 Å². The number of carbonyl (C=O) groups is 1. The van der Waals surface area contributed by atoms with E-state index in [1.165, 1.54) is 12.3 Å². The summed E-state index contributed by atoms with van der Waals surface area (Å²) in [4.78, 5) is 28.9. The largest absolute Gasteiger partial charge is 0.364 e. The lowest BCUT2D eigenvalue weighted by molar-refractivity contribution is 0.0703. The highest BCUT2D eigenvalue weighted by Gasteiger charge is 2.24. The van der Waals surface area contributed by atoms with Gasteiger partial charge in [-0.15, -0.1) is 0 Å². The molecule has 0 unspecified atom stereocenters. The zero-order valence-corrected chi connectivity index (χ0v) is 12.2. The molecule has 1 saturated heterocycles. The number of hydrogen-bond donors (Lipinski definition) is 2. The number of aromatic nitrogens is 1. The number of amides is 1. The first-order chi connectivity index (χ1) is 9.61. The number of piperidine rings is 1. The highest BCUT2D eigenvalue weighted by atomic mass is 16.2. The van der Waals surface area contributed by atoms with Crippen molar-refractivity contribution < 1.29 is 4.79 Å². The number of rotatable bonds is 4. The van der Waals surface area contributed by atoms with Gasteiger partial charge in [-0.25, -0.2) is 0 Å². The fraction of sp³-hybridized carbons (Fsp3) is 0.600. The minimum Gasteiger partial charge on any atom is -0.364 e. The van der Waals surface area contributed by atoms with Crippen LogP contribution in [-0.4, -0.2) is 41.5 Å².